The first-order valence-corrected chi connectivity index (χ1v) is 13.3. The second-order valence-corrected chi connectivity index (χ2v) is 9.94. The van der Waals surface area contributed by atoms with Crippen LogP contribution in [-0.4, -0.2) is 39.9 Å². The van der Waals surface area contributed by atoms with E-state index in [-0.39, 0.29) is 35.3 Å². The Hall–Kier alpha value is -4.65. The number of nitrogens with zero attached hydrogens (tertiary/aromatic N) is 4. The molecule has 1 amide bonds. The van der Waals surface area contributed by atoms with Crippen LogP contribution in [0.1, 0.15) is 38.1 Å². The van der Waals surface area contributed by atoms with E-state index in [0.29, 0.717) is 21.2 Å². The number of rotatable bonds is 10. The first kappa shape index (κ1) is 29.3. The molecule has 212 valence electrons. The lowest BCUT2D eigenvalue weighted by Crippen LogP contribution is -2.23. The highest BCUT2D eigenvalue weighted by atomic mass is 79.9. The Kier molecular flexibility index (Phi) is 9.07. The van der Waals surface area contributed by atoms with Crippen LogP contribution in [-0.2, 0) is 4.79 Å². The molecule has 0 atom stereocenters. The van der Waals surface area contributed by atoms with E-state index in [4.69, 9.17) is 9.47 Å². The fraction of sp³-hybridized carbons (Fsp3) is 0.214. The van der Waals surface area contributed by atoms with E-state index in [1.165, 1.54) is 36.5 Å². The predicted molar refractivity (Wildman–Crippen MR) is 156 cm³/mol. The maximum Gasteiger partial charge on any atom is 0.315 e. The Labute approximate surface area is 241 Å². The van der Waals surface area contributed by atoms with Crippen LogP contribution in [0.5, 0.6) is 11.5 Å². The third-order valence-corrected chi connectivity index (χ3v) is 6.21. The Morgan fingerprint density at radius 1 is 1.22 bits per heavy atom. The quantitative estimate of drug-likeness (QED) is 0.137. The maximum atomic E-state index is 13.9. The van der Waals surface area contributed by atoms with E-state index < -0.39 is 34.5 Å². The minimum absolute atomic E-state index is 0.0150. The van der Waals surface area contributed by atoms with Gasteiger partial charge in [-0.2, -0.15) is 9.78 Å². The van der Waals surface area contributed by atoms with Crippen molar-refractivity contribution in [2.45, 2.75) is 26.7 Å². The van der Waals surface area contributed by atoms with Gasteiger partial charge in [0.1, 0.15) is 11.6 Å². The molecule has 0 bridgehead atoms. The molecule has 0 saturated heterocycles. The van der Waals surface area contributed by atoms with Gasteiger partial charge in [-0.3, -0.25) is 19.7 Å². The van der Waals surface area contributed by atoms with Crippen molar-refractivity contribution in [2.75, 3.05) is 18.5 Å². The predicted octanol–water partition coefficient (Wildman–Crippen LogP) is 5.63. The van der Waals surface area contributed by atoms with Gasteiger partial charge in [-0.15, -0.1) is 0 Å². The fourth-order valence-electron chi connectivity index (χ4n) is 3.89. The number of halogens is 2. The van der Waals surface area contributed by atoms with E-state index in [2.05, 4.69) is 31.3 Å². The van der Waals surface area contributed by atoms with Gasteiger partial charge < -0.3 is 14.8 Å². The molecule has 0 radical (unpaired) electrons. The number of ether oxygens (including phenoxy) is 2. The molecule has 13 heteroatoms. The Bertz CT molecular complexity index is 1720. The largest absolute Gasteiger partial charge is 0.490 e. The Morgan fingerprint density at radius 2 is 1.98 bits per heavy atom. The van der Waals surface area contributed by atoms with E-state index in [1.807, 2.05) is 13.8 Å². The highest BCUT2D eigenvalue weighted by Crippen LogP contribution is 2.38. The number of nitrogens with one attached hydrogen (secondary N) is 1. The van der Waals surface area contributed by atoms with Gasteiger partial charge in [0.2, 0.25) is 5.75 Å². The van der Waals surface area contributed by atoms with Crippen LogP contribution in [0.4, 0.5) is 15.8 Å². The minimum atomic E-state index is -0.728. The van der Waals surface area contributed by atoms with Crippen molar-refractivity contribution < 1.29 is 23.6 Å². The average Bonchev–Trinajstić information content (AvgIpc) is 2.93. The van der Waals surface area contributed by atoms with Gasteiger partial charge in [-0.05, 0) is 43.3 Å². The number of nitro groups is 1. The van der Waals surface area contributed by atoms with E-state index in [0.717, 1.165) is 4.68 Å². The molecule has 1 heterocycles. The van der Waals surface area contributed by atoms with Crippen molar-refractivity contribution in [3.8, 4) is 11.5 Å². The molecule has 4 aromatic rings. The third-order valence-electron chi connectivity index (χ3n) is 5.72. The number of nitro benzene ring substituents is 1. The number of benzene rings is 3. The highest BCUT2D eigenvalue weighted by Gasteiger charge is 2.24. The molecule has 41 heavy (non-hydrogen) atoms. The number of carbonyl (C=O) groups is 1. The first-order valence-electron chi connectivity index (χ1n) is 12.5. The number of aromatic nitrogens is 2. The third kappa shape index (κ3) is 6.74. The van der Waals surface area contributed by atoms with Crippen LogP contribution in [0.3, 0.4) is 0 Å². The molecular weight excluding hydrogens is 601 g/mol. The zero-order valence-electron chi connectivity index (χ0n) is 22.3. The number of fused-ring (bicyclic) bond motifs is 1. The van der Waals surface area contributed by atoms with Crippen molar-refractivity contribution in [1.82, 2.24) is 9.66 Å². The zero-order valence-corrected chi connectivity index (χ0v) is 23.8. The van der Waals surface area contributed by atoms with Crippen LogP contribution in [0.15, 0.2) is 69.0 Å². The minimum Gasteiger partial charge on any atom is -0.490 e. The van der Waals surface area contributed by atoms with Crippen LogP contribution in [0, 0.1) is 15.9 Å². The monoisotopic (exact) mass is 625 g/mol. The maximum absolute atomic E-state index is 13.9. The van der Waals surface area contributed by atoms with Gasteiger partial charge in [0, 0.05) is 22.0 Å². The number of carbonyl (C=O) groups excluding carboxylic acids is 1. The Balaban J connectivity index is 1.69. The second kappa shape index (κ2) is 12.7. The highest BCUT2D eigenvalue weighted by molar-refractivity contribution is 9.10. The number of amides is 1. The normalized spacial score (nSPS) is 11.3. The first-order chi connectivity index (χ1) is 19.6. The van der Waals surface area contributed by atoms with Gasteiger partial charge in [-0.1, -0.05) is 41.9 Å². The fourth-order valence-corrected chi connectivity index (χ4v) is 4.25. The number of hydrogen-bond donors (Lipinski definition) is 1. The summed E-state index contributed by atoms with van der Waals surface area (Å²) in [5.74, 6) is -1.42. The molecule has 3 aromatic carbocycles. The van der Waals surface area contributed by atoms with Crippen molar-refractivity contribution >= 4 is 50.3 Å². The number of hydrogen-bond acceptors (Lipinski definition) is 8. The molecule has 0 saturated carbocycles. The van der Waals surface area contributed by atoms with E-state index in [9.17, 15) is 24.1 Å². The summed E-state index contributed by atoms with van der Waals surface area (Å²) in [4.78, 5) is 41.5. The van der Waals surface area contributed by atoms with E-state index >= 15 is 0 Å². The summed E-state index contributed by atoms with van der Waals surface area (Å²) in [7, 11) is 0. The summed E-state index contributed by atoms with van der Waals surface area (Å²) >= 11 is 3.36. The standard InChI is InChI=1S/C28H25BrFN5O6/c1-4-40-24-12-17(14-31-34-27(16(2)3)33-21-10-9-18(29)13-19(21)28(34)37)11-23(35(38)39)26(24)41-15-25(36)32-22-8-6-5-7-20(22)30/h5-14,16H,4,15H2,1-3H3,(H,32,36). The molecule has 0 spiro atoms. The summed E-state index contributed by atoms with van der Waals surface area (Å²) in [5, 5.41) is 19.0. The van der Waals surface area contributed by atoms with Crippen LogP contribution >= 0.6 is 15.9 Å². The topological polar surface area (TPSA) is 138 Å². The lowest BCUT2D eigenvalue weighted by Gasteiger charge is -2.14. The van der Waals surface area contributed by atoms with Crippen molar-refractivity contribution in [1.29, 1.82) is 0 Å². The molecule has 0 aliphatic carbocycles. The molecule has 11 nitrogen and oxygen atoms in total. The van der Waals surface area contributed by atoms with Gasteiger partial charge in [-0.25, -0.2) is 9.37 Å². The lowest BCUT2D eigenvalue weighted by molar-refractivity contribution is -0.385. The smallest absolute Gasteiger partial charge is 0.315 e. The molecule has 0 fully saturated rings. The molecular formula is C28H25BrFN5O6. The van der Waals surface area contributed by atoms with Gasteiger partial charge in [0.25, 0.3) is 11.5 Å². The molecule has 0 unspecified atom stereocenters. The summed E-state index contributed by atoms with van der Waals surface area (Å²) in [6.45, 7) is 4.90. The second-order valence-electron chi connectivity index (χ2n) is 9.02. The Morgan fingerprint density at radius 3 is 2.66 bits per heavy atom. The molecule has 1 aromatic heterocycles. The summed E-state index contributed by atoms with van der Waals surface area (Å²) in [6.07, 6.45) is 1.28. The SMILES string of the molecule is CCOc1cc(C=Nn2c(C(C)C)nc3ccc(Br)cc3c2=O)cc([N+](=O)[O-])c1OCC(=O)Nc1ccccc1F. The molecule has 4 rings (SSSR count). The van der Waals surface area contributed by atoms with Gasteiger partial charge in [0.15, 0.2) is 12.4 Å². The summed E-state index contributed by atoms with van der Waals surface area (Å²) in [5.41, 5.74) is -0.203. The summed E-state index contributed by atoms with van der Waals surface area (Å²) in [6, 6.07) is 13.4. The molecule has 0 aliphatic rings. The molecule has 0 aliphatic heterocycles. The number of para-hydroxylation sites is 1. The van der Waals surface area contributed by atoms with Crippen LogP contribution in [0.2, 0.25) is 0 Å². The molecule has 1 N–H and O–H groups in total. The van der Waals surface area contributed by atoms with Crippen molar-refractivity contribution in [3.63, 3.8) is 0 Å². The van der Waals surface area contributed by atoms with E-state index in [1.54, 1.807) is 31.2 Å². The lowest BCUT2D eigenvalue weighted by atomic mass is 10.1. The summed E-state index contributed by atoms with van der Waals surface area (Å²) < 4.78 is 26.8. The van der Waals surface area contributed by atoms with Crippen molar-refractivity contribution in [3.05, 3.63) is 96.7 Å². The average molecular weight is 626 g/mol. The van der Waals surface area contributed by atoms with Crippen molar-refractivity contribution in [2.24, 2.45) is 5.10 Å². The van der Waals surface area contributed by atoms with Gasteiger partial charge >= 0.3 is 5.69 Å². The van der Waals surface area contributed by atoms with Crippen LogP contribution in [0.25, 0.3) is 10.9 Å². The number of anilines is 1. The van der Waals surface area contributed by atoms with Gasteiger partial charge in [0.05, 0.1) is 34.3 Å². The van der Waals surface area contributed by atoms with Crippen LogP contribution < -0.4 is 20.3 Å². The zero-order chi connectivity index (χ0) is 29.7.